The van der Waals surface area contributed by atoms with Crippen LogP contribution in [0.4, 0.5) is 0 Å². The Morgan fingerprint density at radius 3 is 2.85 bits per heavy atom. The van der Waals surface area contributed by atoms with Gasteiger partial charge in [-0.05, 0) is 35.6 Å². The van der Waals surface area contributed by atoms with E-state index in [0.29, 0.717) is 23.2 Å². The van der Waals surface area contributed by atoms with Gasteiger partial charge in [0.05, 0.1) is 11.6 Å². The van der Waals surface area contributed by atoms with Gasteiger partial charge in [0.2, 0.25) is 0 Å². The third kappa shape index (κ3) is 3.83. The third-order valence-corrected chi connectivity index (χ3v) is 4.52. The van der Waals surface area contributed by atoms with Gasteiger partial charge in [-0.1, -0.05) is 37.1 Å². The number of hydrogen-bond acceptors (Lipinski definition) is 3. The molecule has 1 unspecified atom stereocenters. The first-order chi connectivity index (χ1) is 9.74. The fourth-order valence-corrected chi connectivity index (χ4v) is 3.20. The van der Waals surface area contributed by atoms with Crippen LogP contribution in [0.5, 0.6) is 0 Å². The number of hydrogen-bond donors (Lipinski definition) is 1. The molecule has 2 nitrogen and oxygen atoms in total. The van der Waals surface area contributed by atoms with E-state index in [4.69, 9.17) is 16.9 Å². The Morgan fingerprint density at radius 1 is 1.40 bits per heavy atom. The molecule has 20 heavy (non-hydrogen) atoms. The van der Waals surface area contributed by atoms with E-state index in [0.717, 1.165) is 18.4 Å². The molecule has 1 N–H and O–H groups in total. The molecule has 0 amide bonds. The summed E-state index contributed by atoms with van der Waals surface area (Å²) in [5, 5.41) is 15.2. The summed E-state index contributed by atoms with van der Waals surface area (Å²) in [5.41, 5.74) is 1.63. The number of halogens is 1. The maximum absolute atomic E-state index is 8.84. The smallest absolute Gasteiger partial charge is 0.0992 e. The van der Waals surface area contributed by atoms with E-state index in [-0.39, 0.29) is 0 Å². The Hall–Kier alpha value is -1.34. The van der Waals surface area contributed by atoms with Crippen molar-refractivity contribution in [2.24, 2.45) is 0 Å². The van der Waals surface area contributed by atoms with Crippen molar-refractivity contribution >= 4 is 22.9 Å². The van der Waals surface area contributed by atoms with Crippen LogP contribution in [-0.4, -0.2) is 0 Å². The number of benzene rings is 1. The van der Waals surface area contributed by atoms with Crippen LogP contribution in [0.3, 0.4) is 0 Å². The topological polar surface area (TPSA) is 35.8 Å². The van der Waals surface area contributed by atoms with Gasteiger partial charge in [-0.3, -0.25) is 0 Å². The molecule has 4 heteroatoms. The Morgan fingerprint density at radius 2 is 2.25 bits per heavy atom. The SMILES string of the molecule is CCCC(NCc1ccc(C#N)cc1Cl)c1cccs1. The molecule has 0 spiro atoms. The molecule has 1 atom stereocenters. The van der Waals surface area contributed by atoms with Crippen LogP contribution in [0.25, 0.3) is 0 Å². The summed E-state index contributed by atoms with van der Waals surface area (Å²) < 4.78 is 0. The molecular weight excluding hydrogens is 288 g/mol. The molecule has 2 aromatic rings. The first-order valence-electron chi connectivity index (χ1n) is 6.70. The Balaban J connectivity index is 2.04. The summed E-state index contributed by atoms with van der Waals surface area (Å²) in [4.78, 5) is 1.36. The highest BCUT2D eigenvalue weighted by Gasteiger charge is 2.12. The molecule has 0 bridgehead atoms. The first-order valence-corrected chi connectivity index (χ1v) is 7.95. The maximum atomic E-state index is 8.84. The lowest BCUT2D eigenvalue weighted by atomic mass is 10.1. The van der Waals surface area contributed by atoms with E-state index in [1.54, 1.807) is 17.4 Å². The average molecular weight is 305 g/mol. The van der Waals surface area contributed by atoms with Crippen molar-refractivity contribution < 1.29 is 0 Å². The molecule has 0 fully saturated rings. The van der Waals surface area contributed by atoms with Crippen molar-refractivity contribution in [3.8, 4) is 6.07 Å². The van der Waals surface area contributed by atoms with Crippen molar-refractivity contribution in [1.82, 2.24) is 5.32 Å². The molecule has 0 radical (unpaired) electrons. The van der Waals surface area contributed by atoms with E-state index < -0.39 is 0 Å². The molecule has 0 saturated carbocycles. The summed E-state index contributed by atoms with van der Waals surface area (Å²) >= 11 is 7.98. The van der Waals surface area contributed by atoms with Crippen molar-refractivity contribution in [1.29, 1.82) is 5.26 Å². The second-order valence-corrected chi connectivity index (χ2v) is 6.04. The van der Waals surface area contributed by atoms with Crippen LogP contribution in [0.2, 0.25) is 5.02 Å². The van der Waals surface area contributed by atoms with E-state index in [9.17, 15) is 0 Å². The van der Waals surface area contributed by atoms with Crippen molar-refractivity contribution in [3.05, 3.63) is 56.7 Å². The zero-order chi connectivity index (χ0) is 14.4. The van der Waals surface area contributed by atoms with E-state index in [1.165, 1.54) is 4.88 Å². The van der Waals surface area contributed by atoms with Crippen molar-refractivity contribution in [3.63, 3.8) is 0 Å². The summed E-state index contributed by atoms with van der Waals surface area (Å²) in [6.07, 6.45) is 2.24. The molecule has 104 valence electrons. The number of nitrogens with zero attached hydrogens (tertiary/aromatic N) is 1. The van der Waals surface area contributed by atoms with E-state index in [1.807, 2.05) is 12.1 Å². The lowest BCUT2D eigenvalue weighted by molar-refractivity contribution is 0.500. The van der Waals surface area contributed by atoms with Gasteiger partial charge in [-0.2, -0.15) is 5.26 Å². The van der Waals surface area contributed by atoms with Crippen LogP contribution in [0.1, 0.15) is 41.8 Å². The third-order valence-electron chi connectivity index (χ3n) is 3.19. The van der Waals surface area contributed by atoms with Gasteiger partial charge >= 0.3 is 0 Å². The molecule has 1 aromatic heterocycles. The van der Waals surface area contributed by atoms with Crippen LogP contribution in [0, 0.1) is 11.3 Å². The first kappa shape index (κ1) is 15.1. The number of nitrogens with one attached hydrogen (secondary N) is 1. The summed E-state index contributed by atoms with van der Waals surface area (Å²) in [5.74, 6) is 0. The molecular formula is C16H17ClN2S. The fraction of sp³-hybridized carbons (Fsp3) is 0.312. The monoisotopic (exact) mass is 304 g/mol. The predicted molar refractivity (Wildman–Crippen MR) is 85.0 cm³/mol. The minimum absolute atomic E-state index is 0.367. The van der Waals surface area contributed by atoms with Gasteiger partial charge in [0.25, 0.3) is 0 Å². The lowest BCUT2D eigenvalue weighted by Crippen LogP contribution is -2.20. The highest BCUT2D eigenvalue weighted by molar-refractivity contribution is 7.10. The highest BCUT2D eigenvalue weighted by Crippen LogP contribution is 2.25. The Labute approximate surface area is 129 Å². The minimum Gasteiger partial charge on any atom is -0.305 e. The van der Waals surface area contributed by atoms with Crippen LogP contribution in [-0.2, 0) is 6.54 Å². The van der Waals surface area contributed by atoms with Crippen molar-refractivity contribution in [2.45, 2.75) is 32.4 Å². The zero-order valence-electron chi connectivity index (χ0n) is 11.4. The predicted octanol–water partition coefficient (Wildman–Crippen LogP) is 4.90. The molecule has 2 rings (SSSR count). The van der Waals surface area contributed by atoms with Crippen LogP contribution >= 0.6 is 22.9 Å². The quantitative estimate of drug-likeness (QED) is 0.823. The molecule has 0 aliphatic rings. The van der Waals surface area contributed by atoms with Gasteiger partial charge < -0.3 is 5.32 Å². The normalized spacial score (nSPS) is 12.1. The largest absolute Gasteiger partial charge is 0.305 e. The van der Waals surface area contributed by atoms with Crippen molar-refractivity contribution in [2.75, 3.05) is 0 Å². The summed E-state index contributed by atoms with van der Waals surface area (Å²) in [7, 11) is 0. The average Bonchev–Trinajstić information content (AvgIpc) is 2.98. The second-order valence-electron chi connectivity index (χ2n) is 4.66. The number of rotatable bonds is 6. The van der Waals surface area contributed by atoms with Gasteiger partial charge in [0.1, 0.15) is 0 Å². The highest BCUT2D eigenvalue weighted by atomic mass is 35.5. The second kappa shape index (κ2) is 7.44. The molecule has 0 aliphatic carbocycles. The molecule has 0 saturated heterocycles. The van der Waals surface area contributed by atoms with Gasteiger partial charge in [-0.25, -0.2) is 0 Å². The summed E-state index contributed by atoms with van der Waals surface area (Å²) in [6.45, 7) is 2.91. The van der Waals surface area contributed by atoms with Crippen LogP contribution < -0.4 is 5.32 Å². The van der Waals surface area contributed by atoms with E-state index >= 15 is 0 Å². The van der Waals surface area contributed by atoms with Gasteiger partial charge in [-0.15, -0.1) is 11.3 Å². The molecule has 1 aromatic carbocycles. The van der Waals surface area contributed by atoms with Gasteiger partial charge in [0, 0.05) is 22.5 Å². The maximum Gasteiger partial charge on any atom is 0.0992 e. The molecule has 0 aliphatic heterocycles. The Kier molecular flexibility index (Phi) is 5.60. The number of nitriles is 1. The lowest BCUT2D eigenvalue weighted by Gasteiger charge is -2.17. The minimum atomic E-state index is 0.367. The summed E-state index contributed by atoms with van der Waals surface area (Å²) in [6, 6.07) is 12.2. The standard InChI is InChI=1S/C16H17ClN2S/c1-2-4-15(16-5-3-8-20-16)19-11-13-7-6-12(10-18)9-14(13)17/h3,5-9,15,19H,2,4,11H2,1H3. The van der Waals surface area contributed by atoms with Crippen LogP contribution in [0.15, 0.2) is 35.7 Å². The zero-order valence-corrected chi connectivity index (χ0v) is 13.0. The van der Waals surface area contributed by atoms with Gasteiger partial charge in [0.15, 0.2) is 0 Å². The Bertz CT molecular complexity index is 587. The fourth-order valence-electron chi connectivity index (χ4n) is 2.12. The molecule has 1 heterocycles. The van der Waals surface area contributed by atoms with E-state index in [2.05, 4.69) is 35.8 Å². The number of thiophene rings is 1.